The van der Waals surface area contributed by atoms with Crippen molar-refractivity contribution in [1.82, 2.24) is 0 Å². The van der Waals surface area contributed by atoms with Crippen molar-refractivity contribution in [3.63, 3.8) is 0 Å². The molecule has 0 aliphatic carbocycles. The van der Waals surface area contributed by atoms with Crippen LogP contribution in [-0.2, 0) is 16.5 Å². The maximum Gasteiger partial charge on any atom is 2.00 e. The molecular weight excluding hydrogens is 373 g/mol. The van der Waals surface area contributed by atoms with Gasteiger partial charge in [-0.25, -0.2) is 0 Å². The smallest absolute Gasteiger partial charge is 0.358 e. The molecule has 1 aromatic rings. The van der Waals surface area contributed by atoms with Gasteiger partial charge in [-0.15, -0.1) is 0 Å². The third-order valence-electron chi connectivity index (χ3n) is 4.28. The van der Waals surface area contributed by atoms with E-state index in [1.165, 1.54) is 0 Å². The molecule has 144 valence electrons. The van der Waals surface area contributed by atoms with Crippen molar-refractivity contribution in [2.45, 2.75) is 78.0 Å². The predicted molar refractivity (Wildman–Crippen MR) is 119 cm³/mol. The van der Waals surface area contributed by atoms with Gasteiger partial charge in [0.2, 0.25) is 0 Å². The molecule has 0 bridgehead atoms. The van der Waals surface area contributed by atoms with Crippen LogP contribution in [0.4, 0.5) is 0 Å². The zero-order chi connectivity index (χ0) is 17.1. The minimum Gasteiger partial charge on any atom is -0.358 e. The molecule has 3 heteroatoms. The fourth-order valence-corrected chi connectivity index (χ4v) is 10.4. The first-order chi connectivity index (χ1) is 10.3. The summed E-state index contributed by atoms with van der Waals surface area (Å²) >= 11 is 0. The van der Waals surface area contributed by atoms with Crippen molar-refractivity contribution >= 4 is 15.8 Å². The van der Waals surface area contributed by atoms with E-state index in [2.05, 4.69) is 61.5 Å². The topological polar surface area (TPSA) is 0 Å². The first kappa shape index (κ1) is 29.3. The second-order valence-corrected chi connectivity index (χ2v) is 15.3. The molecule has 0 N–H and O–H groups in total. The summed E-state index contributed by atoms with van der Waals surface area (Å²) in [6, 6.07) is 12.5. The van der Waals surface area contributed by atoms with E-state index in [-0.39, 0.29) is 39.8 Å². The molecule has 1 rings (SSSR count). The van der Waals surface area contributed by atoms with Crippen LogP contribution in [0.15, 0.2) is 30.3 Å². The first-order valence-electron chi connectivity index (χ1n) is 8.89. The molecule has 0 amide bonds. The monoisotopic (exact) mass is 414 g/mol. The Morgan fingerprint density at radius 3 is 1.04 bits per heavy atom. The zero-order valence-electron chi connectivity index (χ0n) is 17.4. The van der Waals surface area contributed by atoms with Gasteiger partial charge in [0.15, 0.2) is 0 Å². The van der Waals surface area contributed by atoms with Gasteiger partial charge in [-0.2, -0.15) is 36.4 Å². The zero-order valence-corrected chi connectivity index (χ0v) is 20.4. The van der Waals surface area contributed by atoms with E-state index >= 15 is 0 Å². The van der Waals surface area contributed by atoms with Gasteiger partial charge < -0.3 is 7.43 Å². The average Bonchev–Trinajstić information content (AvgIpc) is 2.44. The van der Waals surface area contributed by atoms with Crippen LogP contribution in [-0.4, -0.2) is 35.0 Å². The molecule has 0 fully saturated rings. The van der Waals surface area contributed by atoms with Crippen LogP contribution >= 0.6 is 15.8 Å². The van der Waals surface area contributed by atoms with Gasteiger partial charge in [-0.3, -0.25) is 0 Å². The van der Waals surface area contributed by atoms with Crippen molar-refractivity contribution in [1.29, 1.82) is 0 Å². The fourth-order valence-electron chi connectivity index (χ4n) is 3.12. The summed E-state index contributed by atoms with van der Waals surface area (Å²) in [5.74, 6) is 0. The quantitative estimate of drug-likeness (QED) is 0.256. The molecule has 1 aromatic carbocycles. The number of rotatable bonds is 7. The molecule has 24 heavy (non-hydrogen) atoms. The van der Waals surface area contributed by atoms with Crippen molar-refractivity contribution in [2.24, 2.45) is 0 Å². The van der Waals surface area contributed by atoms with Gasteiger partial charge in [0, 0.05) is 15.8 Å². The molecule has 0 aromatic heterocycles. The second-order valence-electron chi connectivity index (χ2n) is 7.35. The van der Waals surface area contributed by atoms with Crippen molar-refractivity contribution < 1.29 is 16.5 Å². The van der Waals surface area contributed by atoms with Crippen LogP contribution in [0.1, 0.15) is 55.4 Å². The van der Waals surface area contributed by atoms with Crippen LogP contribution < -0.4 is 0 Å². The summed E-state index contributed by atoms with van der Waals surface area (Å²) in [5, 5.41) is 0. The summed E-state index contributed by atoms with van der Waals surface area (Å²) < 4.78 is 0. The van der Waals surface area contributed by atoms with Gasteiger partial charge in [0.05, 0.1) is 35.0 Å². The summed E-state index contributed by atoms with van der Waals surface area (Å²) in [5.41, 5.74) is 3.81. The van der Waals surface area contributed by atoms with Crippen molar-refractivity contribution in [3.05, 3.63) is 43.8 Å². The third kappa shape index (κ3) is 13.8. The Labute approximate surface area is 166 Å². The molecular formula is C21H42NiP2+2. The van der Waals surface area contributed by atoms with Gasteiger partial charge >= 0.3 is 16.5 Å². The number of benzene rings is 1. The van der Waals surface area contributed by atoms with E-state index in [1.807, 2.05) is 30.3 Å². The molecule has 0 saturated carbocycles. The molecule has 0 nitrogen and oxygen atoms in total. The van der Waals surface area contributed by atoms with E-state index in [0.717, 1.165) is 22.6 Å². The van der Waals surface area contributed by atoms with E-state index < -0.39 is 0 Å². The second kappa shape index (κ2) is 17.0. The van der Waals surface area contributed by atoms with Crippen molar-refractivity contribution in [2.75, 3.05) is 12.3 Å². The number of hydrogen-bond donors (Lipinski definition) is 0. The molecule has 0 radical (unpaired) electrons. The third-order valence-corrected chi connectivity index (χ3v) is 12.4. The Hall–Kier alpha value is 0.574. The Balaban J connectivity index is -0.000000464. The predicted octanol–water partition coefficient (Wildman–Crippen LogP) is 6.98. The minimum atomic E-state index is -0.114. The summed E-state index contributed by atoms with van der Waals surface area (Å²) in [6.07, 6.45) is 3.12. The standard InChI is InChI=1S/C14H32P2.C6H5.CH3.Ni/c1-11(2)15(12(3)4)9-10-16(13(5)6)14(7)8;1-2-4-6-5-3-1;;/h11-14H,9-10H2,1-8H3;1-5H;1H3;/q;2*-1;+2/p+2. The Morgan fingerprint density at radius 2 is 0.917 bits per heavy atom. The molecule has 0 atom stereocenters. The molecule has 0 spiro atoms. The van der Waals surface area contributed by atoms with Crippen LogP contribution in [0.3, 0.4) is 0 Å². The minimum absolute atomic E-state index is 0. The summed E-state index contributed by atoms with van der Waals surface area (Å²) in [7, 11) is -0.229. The van der Waals surface area contributed by atoms with E-state index in [0.29, 0.717) is 0 Å². The van der Waals surface area contributed by atoms with Gasteiger partial charge in [0.25, 0.3) is 0 Å². The normalized spacial score (nSPS) is 10.8. The van der Waals surface area contributed by atoms with E-state index in [4.69, 9.17) is 0 Å². The maximum absolute atomic E-state index is 2.89. The largest absolute Gasteiger partial charge is 2.00 e. The summed E-state index contributed by atoms with van der Waals surface area (Å²) in [4.78, 5) is 0. The molecule has 0 unspecified atom stereocenters. The van der Waals surface area contributed by atoms with Gasteiger partial charge in [-0.1, -0.05) is 0 Å². The van der Waals surface area contributed by atoms with Crippen LogP contribution in [0.25, 0.3) is 0 Å². The molecule has 0 heterocycles. The average molecular weight is 415 g/mol. The Kier molecular flexibility index (Phi) is 20.8. The fraction of sp³-hybridized carbons (Fsp3) is 0.667. The molecule has 0 aliphatic rings. The number of hydrogen-bond acceptors (Lipinski definition) is 0. The Bertz CT molecular complexity index is 287. The van der Waals surface area contributed by atoms with Crippen molar-refractivity contribution in [3.8, 4) is 0 Å². The first-order valence-corrected chi connectivity index (χ1v) is 12.6. The molecule has 0 aliphatic heterocycles. The van der Waals surface area contributed by atoms with Gasteiger partial charge in [0.1, 0.15) is 0 Å². The van der Waals surface area contributed by atoms with Crippen LogP contribution in [0.5, 0.6) is 0 Å². The SMILES string of the molecule is CC(C)[PH+](CC[PH+](C(C)C)C(C)C)C(C)C.[CH3-].[Ni+2].[c-]1ccccc1. The van der Waals surface area contributed by atoms with E-state index in [1.54, 1.807) is 12.3 Å². The van der Waals surface area contributed by atoms with Crippen LogP contribution in [0.2, 0.25) is 0 Å². The summed E-state index contributed by atoms with van der Waals surface area (Å²) in [6.45, 7) is 19.5. The maximum atomic E-state index is 2.89. The van der Waals surface area contributed by atoms with Gasteiger partial charge in [-0.05, 0) is 55.4 Å². The van der Waals surface area contributed by atoms with E-state index in [9.17, 15) is 0 Å². The molecule has 0 saturated heterocycles. The Morgan fingerprint density at radius 1 is 0.625 bits per heavy atom. The van der Waals surface area contributed by atoms with Crippen LogP contribution in [0, 0.1) is 13.5 Å².